The second kappa shape index (κ2) is 9.67. The van der Waals surface area contributed by atoms with Gasteiger partial charge < -0.3 is 0 Å². The minimum atomic E-state index is -4.67. The maximum absolute atomic E-state index is 8.74. The van der Waals surface area contributed by atoms with Crippen molar-refractivity contribution in [3.05, 3.63) is 0 Å². The molecule has 2 N–H and O–H groups in total. The first-order chi connectivity index (χ1) is 2.00. The molecular formula is H5BaClHgO4S. The zero-order valence-corrected chi connectivity index (χ0v) is 10.4. The van der Waals surface area contributed by atoms with Crippen molar-refractivity contribution in [2.75, 3.05) is 0 Å². The van der Waals surface area contributed by atoms with E-state index in [2.05, 4.69) is 0 Å². The number of halogens is 1. The van der Waals surface area contributed by atoms with Gasteiger partial charge in [-0.3, -0.25) is 9.11 Å². The van der Waals surface area contributed by atoms with E-state index in [1.54, 1.807) is 0 Å². The summed E-state index contributed by atoms with van der Waals surface area (Å²) in [4.78, 5) is 0. The van der Waals surface area contributed by atoms with Crippen LogP contribution in [0.15, 0.2) is 0 Å². The molecule has 0 aliphatic carbocycles. The van der Waals surface area contributed by atoms with Gasteiger partial charge in [-0.2, -0.15) is 8.42 Å². The normalized spacial score (nSPS) is 7.25. The van der Waals surface area contributed by atoms with E-state index in [0.717, 1.165) is 0 Å². The predicted octanol–water partition coefficient (Wildman–Crippen LogP) is -1.15. The summed E-state index contributed by atoms with van der Waals surface area (Å²) in [6.45, 7) is 0. The Kier molecular flexibility index (Phi) is 27.1. The Labute approximate surface area is 114 Å². The molecule has 0 atom stereocenters. The molecule has 0 fully saturated rings. The van der Waals surface area contributed by atoms with Crippen molar-refractivity contribution in [3.8, 4) is 0 Å². The Morgan fingerprint density at radius 3 is 1.12 bits per heavy atom. The van der Waals surface area contributed by atoms with Crippen LogP contribution in [0.5, 0.6) is 0 Å². The molecular weight excluding hydrogens is 469 g/mol. The topological polar surface area (TPSA) is 74.6 Å². The fourth-order valence-electron chi connectivity index (χ4n) is 0. The summed E-state index contributed by atoms with van der Waals surface area (Å²) in [5.74, 6) is 0. The van der Waals surface area contributed by atoms with E-state index in [4.69, 9.17) is 17.5 Å². The first-order valence-electron chi connectivity index (χ1n) is 0.698. The van der Waals surface area contributed by atoms with Crippen LogP contribution in [0.3, 0.4) is 0 Å². The van der Waals surface area contributed by atoms with Crippen molar-refractivity contribution in [2.24, 2.45) is 0 Å². The monoisotopic (exact) mass is 476 g/mol. The molecule has 0 aliphatic heterocycles. The van der Waals surface area contributed by atoms with Gasteiger partial charge in [0.05, 0.1) is 0 Å². The molecule has 0 aromatic carbocycles. The first kappa shape index (κ1) is 22.4. The van der Waals surface area contributed by atoms with E-state index < -0.39 is 10.4 Å². The molecule has 0 saturated heterocycles. The summed E-state index contributed by atoms with van der Waals surface area (Å²) in [5, 5.41) is 0. The van der Waals surface area contributed by atoms with Gasteiger partial charge in [-0.25, -0.2) is 0 Å². The zero-order chi connectivity index (χ0) is 4.50. The molecule has 0 aliphatic rings. The smallest absolute Gasteiger partial charge is 0 e. The quantitative estimate of drug-likeness (QED) is 0.344. The zero-order valence-electron chi connectivity index (χ0n) is 3.23. The maximum atomic E-state index is 8.74. The van der Waals surface area contributed by atoms with Crippen LogP contribution in [-0.4, -0.2) is 66.4 Å². The Morgan fingerprint density at radius 2 is 1.12 bits per heavy atom. The molecule has 4 nitrogen and oxygen atoms in total. The molecule has 0 unspecified atom stereocenters. The third kappa shape index (κ3) is 71.6. The Morgan fingerprint density at radius 1 is 1.12 bits per heavy atom. The van der Waals surface area contributed by atoms with Crippen molar-refractivity contribution in [1.29, 1.82) is 0 Å². The first-order valence-corrected chi connectivity index (χ1v) is 2.10. The van der Waals surface area contributed by atoms with Crippen molar-refractivity contribution in [2.45, 2.75) is 0 Å². The molecule has 8 heteroatoms. The number of hydrogen-bond donors (Lipinski definition) is 2. The second-order valence-corrected chi connectivity index (χ2v) is 1.34. The van der Waals surface area contributed by atoms with Gasteiger partial charge >= 0.3 is 59.3 Å². The minimum absolute atomic E-state index is 0. The fourth-order valence-corrected chi connectivity index (χ4v) is 0. The second-order valence-electron chi connectivity index (χ2n) is 0.448. The van der Waals surface area contributed by atoms with Crippen LogP contribution < -0.4 is 0 Å². The fraction of sp³-hybridized carbons (Fsp3) is 0. The maximum Gasteiger partial charge on any atom is 0 e. The molecule has 0 amide bonds. The van der Waals surface area contributed by atoms with Crippen LogP contribution in [-0.2, 0) is 38.1 Å². The molecule has 0 bridgehead atoms. The van der Waals surface area contributed by atoms with E-state index in [1.165, 1.54) is 0 Å². The third-order valence-electron chi connectivity index (χ3n) is 0. The van der Waals surface area contributed by atoms with Crippen molar-refractivity contribution in [1.82, 2.24) is 0 Å². The van der Waals surface area contributed by atoms with E-state index in [9.17, 15) is 0 Å². The van der Waals surface area contributed by atoms with Crippen LogP contribution in [0.4, 0.5) is 0 Å². The third-order valence-corrected chi connectivity index (χ3v) is 0. The van der Waals surface area contributed by atoms with Gasteiger partial charge in [0, 0.05) is 27.7 Å². The number of hydrogen-bond acceptors (Lipinski definition) is 2. The van der Waals surface area contributed by atoms with Crippen LogP contribution in [0.1, 0.15) is 0 Å². The van der Waals surface area contributed by atoms with E-state index in [-0.39, 0.29) is 89.0 Å². The van der Waals surface area contributed by atoms with Crippen LogP contribution in [0.25, 0.3) is 0 Å². The van der Waals surface area contributed by atoms with Gasteiger partial charge in [-0.1, -0.05) is 0 Å². The van der Waals surface area contributed by atoms with Gasteiger partial charge in [-0.15, -0.1) is 12.4 Å². The summed E-state index contributed by atoms with van der Waals surface area (Å²) in [6.07, 6.45) is 0. The summed E-state index contributed by atoms with van der Waals surface area (Å²) in [6, 6.07) is 0. The van der Waals surface area contributed by atoms with Gasteiger partial charge in [-0.05, 0) is 0 Å². The largest absolute Gasteiger partial charge is 0 e. The molecule has 46 valence electrons. The Balaban J connectivity index is -0.0000000267. The van der Waals surface area contributed by atoms with E-state index in [1.807, 2.05) is 0 Å². The molecule has 0 radical (unpaired) electrons. The Bertz CT molecular complexity index is 99.2. The van der Waals surface area contributed by atoms with Crippen LogP contribution in [0.2, 0.25) is 0 Å². The van der Waals surface area contributed by atoms with Crippen molar-refractivity contribution in [3.63, 3.8) is 0 Å². The standard InChI is InChI=1S/Ba.ClH.Hg.H2O4S.2H/c;;;1-5(2,3)4;;/h;1H;;(H2,1,2,3,4);;. The van der Waals surface area contributed by atoms with E-state index >= 15 is 0 Å². The molecule has 0 saturated carbocycles. The molecule has 0 rings (SSSR count). The predicted molar refractivity (Wildman–Crippen MR) is 30.0 cm³/mol. The summed E-state index contributed by atoms with van der Waals surface area (Å²) >= 11 is 0. The van der Waals surface area contributed by atoms with Crippen LogP contribution in [0, 0.1) is 0 Å². The SMILES string of the molecule is Cl.O=S(=O)(O)O.[BaH2].[Hg]. The Hall–Kier alpha value is 2.67. The molecule has 0 aromatic rings. The van der Waals surface area contributed by atoms with Gasteiger partial charge in [0.2, 0.25) is 0 Å². The molecule has 8 heavy (non-hydrogen) atoms. The molecule has 0 heterocycles. The van der Waals surface area contributed by atoms with Crippen molar-refractivity contribution >= 4 is 71.7 Å². The van der Waals surface area contributed by atoms with Gasteiger partial charge in [0.25, 0.3) is 0 Å². The molecule has 0 spiro atoms. The summed E-state index contributed by atoms with van der Waals surface area (Å²) < 4.78 is 31.6. The average Bonchev–Trinajstić information content (AvgIpc) is 0.722. The molecule has 0 aromatic heterocycles. The van der Waals surface area contributed by atoms with Gasteiger partial charge in [0.15, 0.2) is 0 Å². The van der Waals surface area contributed by atoms with Crippen molar-refractivity contribution < 1.29 is 45.2 Å². The summed E-state index contributed by atoms with van der Waals surface area (Å²) in [5.41, 5.74) is 0. The average molecular weight is 474 g/mol. The summed E-state index contributed by atoms with van der Waals surface area (Å²) in [7, 11) is -4.67. The minimum Gasteiger partial charge on any atom is 0 e. The van der Waals surface area contributed by atoms with Gasteiger partial charge in [0.1, 0.15) is 0 Å². The van der Waals surface area contributed by atoms with E-state index in [0.29, 0.717) is 0 Å². The number of rotatable bonds is 0. The van der Waals surface area contributed by atoms with Crippen LogP contribution >= 0.6 is 12.4 Å².